The Morgan fingerprint density at radius 3 is 2.81 bits per heavy atom. The summed E-state index contributed by atoms with van der Waals surface area (Å²) in [6, 6.07) is 4.48. The quantitative estimate of drug-likeness (QED) is 0.873. The van der Waals surface area contributed by atoms with Crippen LogP contribution in [-0.2, 0) is 16.4 Å². The van der Waals surface area contributed by atoms with Crippen LogP contribution in [0, 0.1) is 5.92 Å². The third kappa shape index (κ3) is 3.18. The molecule has 1 saturated heterocycles. The molecule has 0 spiro atoms. The monoisotopic (exact) mass is 328 g/mol. The largest absolute Gasteiger partial charge is 0.314 e. The first-order valence-corrected chi connectivity index (χ1v) is 10.1. The number of piperidine rings is 1. The Morgan fingerprint density at radius 2 is 2.19 bits per heavy atom. The highest BCUT2D eigenvalue weighted by molar-refractivity contribution is 7.91. The van der Waals surface area contributed by atoms with Crippen LogP contribution >= 0.6 is 11.3 Å². The lowest BCUT2D eigenvalue weighted by Crippen LogP contribution is -2.37. The number of sulfonamides is 1. The molecule has 2 fully saturated rings. The third-order valence-electron chi connectivity index (χ3n) is 4.48. The molecule has 1 aromatic heterocycles. The minimum atomic E-state index is -3.26. The summed E-state index contributed by atoms with van der Waals surface area (Å²) in [5, 5.41) is 3.37. The lowest BCUT2D eigenvalue weighted by atomic mass is 10.1. The average Bonchev–Trinajstić information content (AvgIpc) is 3.14. The second-order valence-corrected chi connectivity index (χ2v) is 9.77. The first kappa shape index (κ1) is 15.5. The van der Waals surface area contributed by atoms with E-state index in [0.717, 1.165) is 37.2 Å². The van der Waals surface area contributed by atoms with Crippen LogP contribution in [-0.4, -0.2) is 37.9 Å². The summed E-state index contributed by atoms with van der Waals surface area (Å²) in [4.78, 5) is 1.14. The molecule has 1 N–H and O–H groups in total. The van der Waals surface area contributed by atoms with E-state index >= 15 is 0 Å². The molecule has 118 valence electrons. The Balaban J connectivity index is 1.67. The van der Waals surface area contributed by atoms with Gasteiger partial charge in [0, 0.05) is 30.1 Å². The van der Waals surface area contributed by atoms with E-state index in [-0.39, 0.29) is 6.04 Å². The molecule has 1 aliphatic carbocycles. The molecule has 2 atom stereocenters. The average molecular weight is 329 g/mol. The Hall–Kier alpha value is -0.430. The fourth-order valence-corrected chi connectivity index (χ4v) is 6.63. The van der Waals surface area contributed by atoms with Crippen molar-refractivity contribution in [2.45, 2.75) is 55.8 Å². The first-order chi connectivity index (χ1) is 9.96. The number of nitrogens with zero attached hydrogens (tertiary/aromatic N) is 1. The van der Waals surface area contributed by atoms with Gasteiger partial charge in [0.25, 0.3) is 10.0 Å². The maximum absolute atomic E-state index is 12.7. The van der Waals surface area contributed by atoms with E-state index in [9.17, 15) is 8.42 Å². The Morgan fingerprint density at radius 1 is 1.38 bits per heavy atom. The van der Waals surface area contributed by atoms with Gasteiger partial charge in [0.2, 0.25) is 0 Å². The van der Waals surface area contributed by atoms with Crippen molar-refractivity contribution in [1.82, 2.24) is 9.62 Å². The zero-order chi connectivity index (χ0) is 15.0. The number of hydrogen-bond acceptors (Lipinski definition) is 4. The molecule has 2 bridgehead atoms. The predicted molar refractivity (Wildman–Crippen MR) is 86.2 cm³/mol. The highest BCUT2D eigenvalue weighted by Crippen LogP contribution is 2.41. The number of rotatable bonds is 6. The van der Waals surface area contributed by atoms with Gasteiger partial charge in [-0.25, -0.2) is 8.42 Å². The highest BCUT2D eigenvalue weighted by Gasteiger charge is 2.44. The molecule has 6 heteroatoms. The van der Waals surface area contributed by atoms with Crippen molar-refractivity contribution in [2.75, 3.05) is 13.1 Å². The van der Waals surface area contributed by atoms with E-state index in [4.69, 9.17) is 0 Å². The summed E-state index contributed by atoms with van der Waals surface area (Å²) in [7, 11) is -3.26. The van der Waals surface area contributed by atoms with Crippen molar-refractivity contribution in [3.63, 3.8) is 0 Å². The Labute approximate surface area is 131 Å². The molecule has 1 aliphatic heterocycles. The van der Waals surface area contributed by atoms with Crippen molar-refractivity contribution >= 4 is 21.4 Å². The van der Waals surface area contributed by atoms with Crippen LogP contribution in [0.4, 0.5) is 0 Å². The van der Waals surface area contributed by atoms with Crippen LogP contribution in [0.2, 0.25) is 0 Å². The molecule has 0 radical (unpaired) electrons. The van der Waals surface area contributed by atoms with E-state index < -0.39 is 10.0 Å². The normalized spacial score (nSPS) is 26.0. The van der Waals surface area contributed by atoms with Crippen molar-refractivity contribution in [3.05, 3.63) is 17.0 Å². The van der Waals surface area contributed by atoms with Crippen LogP contribution in [0.1, 0.15) is 38.0 Å². The summed E-state index contributed by atoms with van der Waals surface area (Å²) in [5.74, 6) is 0.597. The van der Waals surface area contributed by atoms with Gasteiger partial charge >= 0.3 is 0 Å². The van der Waals surface area contributed by atoms with Gasteiger partial charge < -0.3 is 5.32 Å². The van der Waals surface area contributed by atoms with Crippen LogP contribution in [0.15, 0.2) is 16.3 Å². The van der Waals surface area contributed by atoms with Gasteiger partial charge in [-0.2, -0.15) is 4.31 Å². The number of nitrogens with one attached hydrogen (secondary N) is 1. The lowest BCUT2D eigenvalue weighted by molar-refractivity contribution is 0.334. The van der Waals surface area contributed by atoms with Crippen molar-refractivity contribution in [2.24, 2.45) is 5.92 Å². The fourth-order valence-electron chi connectivity index (χ4n) is 3.40. The van der Waals surface area contributed by atoms with Gasteiger partial charge in [-0.1, -0.05) is 13.8 Å². The molecule has 2 aliphatic rings. The van der Waals surface area contributed by atoms with Crippen molar-refractivity contribution in [3.8, 4) is 0 Å². The smallest absolute Gasteiger partial charge is 0.252 e. The minimum absolute atomic E-state index is 0.258. The van der Waals surface area contributed by atoms with Crippen molar-refractivity contribution < 1.29 is 8.42 Å². The lowest BCUT2D eigenvalue weighted by Gasteiger charge is -2.25. The van der Waals surface area contributed by atoms with E-state index in [1.54, 1.807) is 10.4 Å². The van der Waals surface area contributed by atoms with E-state index in [2.05, 4.69) is 19.2 Å². The standard InChI is InChI=1S/C15H24N2O2S2/c1-11(2)16-8-7-14-5-6-15(20-14)21(18,19)17-10-12-3-4-13(17)9-12/h5-6,11-13,16H,3-4,7-10H2,1-2H3. The van der Waals surface area contributed by atoms with E-state index in [0.29, 0.717) is 16.2 Å². The fraction of sp³-hybridized carbons (Fsp3) is 0.733. The SMILES string of the molecule is CC(C)NCCc1ccc(S(=O)(=O)N2CC3CCC2C3)s1. The number of hydrogen-bond donors (Lipinski definition) is 1. The second-order valence-electron chi connectivity index (χ2n) is 6.49. The number of thiophene rings is 1. The molecule has 21 heavy (non-hydrogen) atoms. The van der Waals surface area contributed by atoms with Crippen LogP contribution < -0.4 is 5.32 Å². The number of fused-ring (bicyclic) bond motifs is 2. The molecule has 1 saturated carbocycles. The van der Waals surface area contributed by atoms with Crippen LogP contribution in [0.5, 0.6) is 0 Å². The maximum atomic E-state index is 12.7. The zero-order valence-corrected chi connectivity index (χ0v) is 14.3. The van der Waals surface area contributed by atoms with Gasteiger partial charge in [0.15, 0.2) is 0 Å². The summed E-state index contributed by atoms with van der Waals surface area (Å²) in [5.41, 5.74) is 0. The van der Waals surface area contributed by atoms with E-state index in [1.807, 2.05) is 6.07 Å². The molecule has 4 nitrogen and oxygen atoms in total. The minimum Gasteiger partial charge on any atom is -0.314 e. The molecule has 2 unspecified atom stereocenters. The van der Waals surface area contributed by atoms with Gasteiger partial charge in [0.05, 0.1) is 0 Å². The van der Waals surface area contributed by atoms with Gasteiger partial charge in [0.1, 0.15) is 4.21 Å². The second kappa shape index (κ2) is 5.99. The molecule has 2 heterocycles. The van der Waals surface area contributed by atoms with Gasteiger partial charge in [-0.3, -0.25) is 0 Å². The Bertz CT molecular complexity index is 595. The topological polar surface area (TPSA) is 49.4 Å². The van der Waals surface area contributed by atoms with Gasteiger partial charge in [-0.15, -0.1) is 11.3 Å². The summed E-state index contributed by atoms with van der Waals surface area (Å²) < 4.78 is 27.8. The van der Waals surface area contributed by atoms with Crippen molar-refractivity contribution in [1.29, 1.82) is 0 Å². The summed E-state index contributed by atoms with van der Waals surface area (Å²) >= 11 is 1.44. The molecule has 1 aromatic rings. The van der Waals surface area contributed by atoms with Gasteiger partial charge in [-0.05, 0) is 43.7 Å². The van der Waals surface area contributed by atoms with E-state index in [1.165, 1.54) is 17.8 Å². The van der Waals surface area contributed by atoms with Crippen LogP contribution in [0.25, 0.3) is 0 Å². The summed E-state index contributed by atoms with van der Waals surface area (Å²) in [6.07, 6.45) is 4.20. The first-order valence-electron chi connectivity index (χ1n) is 7.81. The maximum Gasteiger partial charge on any atom is 0.252 e. The molecular weight excluding hydrogens is 304 g/mol. The summed E-state index contributed by atoms with van der Waals surface area (Å²) in [6.45, 7) is 5.86. The predicted octanol–water partition coefficient (Wildman–Crippen LogP) is 2.46. The van der Waals surface area contributed by atoms with Crippen LogP contribution in [0.3, 0.4) is 0 Å². The molecule has 0 amide bonds. The molecule has 3 rings (SSSR count). The third-order valence-corrected chi connectivity index (χ3v) is 8.01. The molecular formula is C15H24N2O2S2. The Kier molecular flexibility index (Phi) is 4.41. The molecule has 0 aromatic carbocycles. The zero-order valence-electron chi connectivity index (χ0n) is 12.7. The highest BCUT2D eigenvalue weighted by atomic mass is 32.2.